The third-order valence-electron chi connectivity index (χ3n) is 5.51. The lowest BCUT2D eigenvalue weighted by molar-refractivity contribution is -0.394. The highest BCUT2D eigenvalue weighted by atomic mass is 16.6. The molecule has 12 nitrogen and oxygen atoms in total. The monoisotopic (exact) mass is 422 g/mol. The summed E-state index contributed by atoms with van der Waals surface area (Å²) in [6.07, 6.45) is 1.70. The van der Waals surface area contributed by atoms with Crippen molar-refractivity contribution < 1.29 is 29.3 Å². The number of carbonyl (C=O) groups excluding carboxylic acids is 1. The third-order valence-corrected chi connectivity index (χ3v) is 5.51. The fraction of sp³-hybridized carbons (Fsp3) is 0.556. The molecule has 2 fully saturated rings. The summed E-state index contributed by atoms with van der Waals surface area (Å²) < 4.78 is 5.82. The Morgan fingerprint density at radius 3 is 2.20 bits per heavy atom. The predicted molar refractivity (Wildman–Crippen MR) is 102 cm³/mol. The van der Waals surface area contributed by atoms with E-state index in [1.54, 1.807) is 0 Å². The van der Waals surface area contributed by atoms with Crippen LogP contribution in [0.25, 0.3) is 0 Å². The SMILES string of the molecule is CCCN1CCC2(CC1)OCC(C(=O)O)N2C(=O)c1cc([N+](=O)[O-])cc([N+](=O)[O-])c1. The number of rotatable bonds is 6. The zero-order chi connectivity index (χ0) is 22.1. The summed E-state index contributed by atoms with van der Waals surface area (Å²) in [5.41, 5.74) is -2.72. The molecule has 2 aliphatic heterocycles. The minimum absolute atomic E-state index is 0.216. The molecule has 0 aliphatic carbocycles. The zero-order valence-corrected chi connectivity index (χ0v) is 16.4. The molecule has 0 aromatic heterocycles. The maximum Gasteiger partial charge on any atom is 0.328 e. The van der Waals surface area contributed by atoms with E-state index in [2.05, 4.69) is 4.90 Å². The minimum atomic E-state index is -1.28. The fourth-order valence-corrected chi connectivity index (χ4v) is 4.07. The second-order valence-electron chi connectivity index (χ2n) is 7.38. The summed E-state index contributed by atoms with van der Waals surface area (Å²) in [5.74, 6) is -2.10. The minimum Gasteiger partial charge on any atom is -0.480 e. The summed E-state index contributed by atoms with van der Waals surface area (Å²) in [6, 6.07) is 1.32. The van der Waals surface area contributed by atoms with Crippen LogP contribution in [0, 0.1) is 20.2 Å². The van der Waals surface area contributed by atoms with Gasteiger partial charge >= 0.3 is 5.97 Å². The van der Waals surface area contributed by atoms with E-state index in [0.29, 0.717) is 25.9 Å². The van der Waals surface area contributed by atoms with E-state index in [-0.39, 0.29) is 12.2 Å². The van der Waals surface area contributed by atoms with Crippen LogP contribution in [0.2, 0.25) is 0 Å². The van der Waals surface area contributed by atoms with Crippen molar-refractivity contribution >= 4 is 23.3 Å². The zero-order valence-electron chi connectivity index (χ0n) is 16.4. The number of carbonyl (C=O) groups is 2. The number of aliphatic carboxylic acids is 1. The Kier molecular flexibility index (Phi) is 5.99. The number of nitrogens with zero attached hydrogens (tertiary/aromatic N) is 4. The fourth-order valence-electron chi connectivity index (χ4n) is 4.07. The smallest absolute Gasteiger partial charge is 0.328 e. The van der Waals surface area contributed by atoms with Crippen molar-refractivity contribution in [2.45, 2.75) is 38.0 Å². The number of nitro groups is 2. The number of benzene rings is 1. The molecule has 1 N–H and O–H groups in total. The number of hydrogen-bond acceptors (Lipinski definition) is 8. The van der Waals surface area contributed by atoms with E-state index in [0.717, 1.165) is 36.1 Å². The van der Waals surface area contributed by atoms with Gasteiger partial charge in [-0.2, -0.15) is 0 Å². The lowest BCUT2D eigenvalue weighted by Crippen LogP contribution is -2.58. The molecule has 1 aromatic carbocycles. The summed E-state index contributed by atoms with van der Waals surface area (Å²) >= 11 is 0. The maximum absolute atomic E-state index is 13.3. The Morgan fingerprint density at radius 1 is 1.17 bits per heavy atom. The average molecular weight is 422 g/mol. The van der Waals surface area contributed by atoms with E-state index >= 15 is 0 Å². The molecule has 2 aliphatic rings. The summed E-state index contributed by atoms with van der Waals surface area (Å²) in [6.45, 7) is 3.88. The molecule has 1 spiro atoms. The number of ether oxygens (including phenoxy) is 1. The van der Waals surface area contributed by atoms with Gasteiger partial charge in [0.1, 0.15) is 5.72 Å². The average Bonchev–Trinajstić information content (AvgIpc) is 3.08. The predicted octanol–water partition coefficient (Wildman–Crippen LogP) is 1.63. The third kappa shape index (κ3) is 3.96. The highest BCUT2D eigenvalue weighted by Gasteiger charge is 2.54. The van der Waals surface area contributed by atoms with Crippen LogP contribution < -0.4 is 0 Å². The standard InChI is InChI=1S/C18H22N4O8/c1-2-5-19-6-3-18(4-7-19)20(15(11-30-18)17(24)25)16(23)12-8-13(21(26)27)10-14(9-12)22(28)29/h8-10,15H,2-7,11H2,1H3,(H,24,25). The van der Waals surface area contributed by atoms with Gasteiger partial charge in [-0.25, -0.2) is 4.79 Å². The number of non-ortho nitro benzene ring substituents is 2. The van der Waals surface area contributed by atoms with Crippen molar-refractivity contribution in [2.75, 3.05) is 26.2 Å². The van der Waals surface area contributed by atoms with Gasteiger partial charge in [-0.05, 0) is 13.0 Å². The van der Waals surface area contributed by atoms with Gasteiger partial charge in [0.2, 0.25) is 0 Å². The van der Waals surface area contributed by atoms with Crippen LogP contribution in [0.1, 0.15) is 36.5 Å². The Hall–Kier alpha value is -3.12. The number of likely N-dealkylation sites (tertiary alicyclic amines) is 1. The normalized spacial score (nSPS) is 21.0. The van der Waals surface area contributed by atoms with E-state index in [4.69, 9.17) is 4.74 Å². The molecule has 0 saturated carbocycles. The van der Waals surface area contributed by atoms with Crippen molar-refractivity contribution in [3.05, 3.63) is 44.0 Å². The molecule has 1 atom stereocenters. The highest BCUT2D eigenvalue weighted by Crippen LogP contribution is 2.39. The molecule has 30 heavy (non-hydrogen) atoms. The molecule has 0 radical (unpaired) electrons. The van der Waals surface area contributed by atoms with Crippen molar-refractivity contribution in [1.29, 1.82) is 0 Å². The van der Waals surface area contributed by atoms with Gasteiger partial charge in [0.15, 0.2) is 6.04 Å². The van der Waals surface area contributed by atoms with Gasteiger partial charge < -0.3 is 14.7 Å². The molecule has 12 heteroatoms. The molecular weight excluding hydrogens is 400 g/mol. The number of nitro benzene ring substituents is 2. The van der Waals surface area contributed by atoms with Gasteiger partial charge in [-0.1, -0.05) is 6.92 Å². The van der Waals surface area contributed by atoms with Crippen molar-refractivity contribution in [3.8, 4) is 0 Å². The van der Waals surface area contributed by atoms with Crippen LogP contribution in [0.15, 0.2) is 18.2 Å². The topological polar surface area (TPSA) is 156 Å². The number of carboxylic acids is 1. The maximum atomic E-state index is 13.3. The van der Waals surface area contributed by atoms with Crippen LogP contribution in [-0.2, 0) is 9.53 Å². The Bertz CT molecular complexity index is 849. The Balaban J connectivity index is 1.99. The highest BCUT2D eigenvalue weighted by molar-refractivity contribution is 5.98. The lowest BCUT2D eigenvalue weighted by atomic mass is 9.96. The number of hydrogen-bond donors (Lipinski definition) is 1. The first-order valence-corrected chi connectivity index (χ1v) is 9.55. The molecule has 2 saturated heterocycles. The molecule has 0 bridgehead atoms. The summed E-state index contributed by atoms with van der Waals surface area (Å²) in [4.78, 5) is 49.1. The van der Waals surface area contributed by atoms with E-state index in [9.17, 15) is 34.9 Å². The second-order valence-corrected chi connectivity index (χ2v) is 7.38. The molecule has 1 amide bonds. The first-order chi connectivity index (χ1) is 14.2. The van der Waals surface area contributed by atoms with E-state index in [1.807, 2.05) is 6.92 Å². The van der Waals surface area contributed by atoms with Crippen LogP contribution >= 0.6 is 0 Å². The lowest BCUT2D eigenvalue weighted by Gasteiger charge is -2.44. The second kappa shape index (κ2) is 8.32. The van der Waals surface area contributed by atoms with Crippen LogP contribution in [0.5, 0.6) is 0 Å². The van der Waals surface area contributed by atoms with Crippen LogP contribution in [0.4, 0.5) is 11.4 Å². The van der Waals surface area contributed by atoms with E-state index in [1.165, 1.54) is 0 Å². The molecular formula is C18H22N4O8. The summed E-state index contributed by atoms with van der Waals surface area (Å²) in [5, 5.41) is 32.0. The molecule has 1 unspecified atom stereocenters. The first kappa shape index (κ1) is 21.6. The van der Waals surface area contributed by atoms with E-state index < -0.39 is 44.9 Å². The first-order valence-electron chi connectivity index (χ1n) is 9.55. The van der Waals surface area contributed by atoms with Gasteiger partial charge in [-0.15, -0.1) is 0 Å². The molecule has 3 rings (SSSR count). The molecule has 2 heterocycles. The van der Waals surface area contributed by atoms with Crippen LogP contribution in [0.3, 0.4) is 0 Å². The van der Waals surface area contributed by atoms with Gasteiger partial charge in [-0.3, -0.25) is 29.9 Å². The van der Waals surface area contributed by atoms with Crippen molar-refractivity contribution in [2.24, 2.45) is 0 Å². The summed E-state index contributed by atoms with van der Waals surface area (Å²) in [7, 11) is 0. The molecule has 1 aromatic rings. The molecule has 162 valence electrons. The van der Waals surface area contributed by atoms with Crippen molar-refractivity contribution in [1.82, 2.24) is 9.80 Å². The van der Waals surface area contributed by atoms with Crippen LogP contribution in [-0.4, -0.2) is 74.6 Å². The largest absolute Gasteiger partial charge is 0.480 e. The number of carboxylic acid groups (broad SMARTS) is 1. The Morgan fingerprint density at radius 2 is 1.73 bits per heavy atom. The number of amides is 1. The Labute approximate surface area is 171 Å². The van der Waals surface area contributed by atoms with Crippen molar-refractivity contribution in [3.63, 3.8) is 0 Å². The quantitative estimate of drug-likeness (QED) is 0.531. The van der Waals surface area contributed by atoms with Gasteiger partial charge in [0.05, 0.1) is 28.1 Å². The van der Waals surface area contributed by atoms with Gasteiger partial charge in [0, 0.05) is 38.1 Å². The number of piperidine rings is 1. The van der Waals surface area contributed by atoms with Gasteiger partial charge in [0.25, 0.3) is 17.3 Å².